The smallest absolute Gasteiger partial charge is 0.339 e. The Morgan fingerprint density at radius 2 is 1.41 bits per heavy atom. The third-order valence-corrected chi connectivity index (χ3v) is 5.08. The molecular weight excluding hydrogens is 380 g/mol. The molecule has 2 N–H and O–H groups in total. The molecule has 0 amide bonds. The Kier molecular flexibility index (Phi) is 5.33. The van der Waals surface area contributed by atoms with Crippen molar-refractivity contribution in [2.75, 3.05) is 13.7 Å². The van der Waals surface area contributed by atoms with Crippen LogP contribution in [-0.4, -0.2) is 66.6 Å². The Morgan fingerprint density at radius 1 is 0.862 bits per heavy atom. The van der Waals surface area contributed by atoms with Gasteiger partial charge in [0.2, 0.25) is 0 Å². The van der Waals surface area contributed by atoms with Gasteiger partial charge >= 0.3 is 11.9 Å². The zero-order valence-electron chi connectivity index (χ0n) is 15.6. The van der Waals surface area contributed by atoms with Crippen LogP contribution in [0, 0.1) is 0 Å². The van der Waals surface area contributed by atoms with Crippen molar-refractivity contribution < 1.29 is 38.7 Å². The molecule has 0 saturated carbocycles. The first-order valence-corrected chi connectivity index (χ1v) is 9.12. The minimum absolute atomic E-state index is 0.212. The highest BCUT2D eigenvalue weighted by Gasteiger charge is 2.48. The van der Waals surface area contributed by atoms with E-state index in [0.717, 1.165) is 0 Å². The van der Waals surface area contributed by atoms with Crippen molar-refractivity contribution in [3.05, 3.63) is 59.7 Å². The summed E-state index contributed by atoms with van der Waals surface area (Å²) in [6.07, 6.45) is -6.37. The average molecular weight is 400 g/mol. The molecule has 1 saturated heterocycles. The summed E-state index contributed by atoms with van der Waals surface area (Å²) < 4.78 is 21.5. The van der Waals surface area contributed by atoms with Gasteiger partial charge in [-0.2, -0.15) is 0 Å². The molecule has 4 rings (SSSR count). The van der Waals surface area contributed by atoms with Gasteiger partial charge in [-0.05, 0) is 23.3 Å². The first-order chi connectivity index (χ1) is 14.0. The predicted molar refractivity (Wildman–Crippen MR) is 99.0 cm³/mol. The molecule has 152 valence electrons. The van der Waals surface area contributed by atoms with Crippen LogP contribution in [0.4, 0.5) is 0 Å². The second-order valence-electron chi connectivity index (χ2n) is 6.82. The number of cyclic esters (lactones) is 1. The molecule has 1 fully saturated rings. The van der Waals surface area contributed by atoms with Gasteiger partial charge in [-0.3, -0.25) is 0 Å². The van der Waals surface area contributed by atoms with Crippen molar-refractivity contribution in [2.45, 2.75) is 30.7 Å². The normalized spacial score (nSPS) is 29.4. The number of esters is 2. The molecule has 8 nitrogen and oxygen atoms in total. The highest BCUT2D eigenvalue weighted by molar-refractivity contribution is 6.03. The fourth-order valence-electron chi connectivity index (χ4n) is 3.59. The van der Waals surface area contributed by atoms with E-state index < -0.39 is 42.6 Å². The maximum Gasteiger partial charge on any atom is 0.339 e. The zero-order valence-corrected chi connectivity index (χ0v) is 15.6. The van der Waals surface area contributed by atoms with Crippen LogP contribution < -0.4 is 0 Å². The highest BCUT2D eigenvalue weighted by atomic mass is 16.7. The van der Waals surface area contributed by atoms with Crippen molar-refractivity contribution in [3.8, 4) is 11.1 Å². The van der Waals surface area contributed by atoms with Crippen molar-refractivity contribution in [2.24, 2.45) is 0 Å². The topological polar surface area (TPSA) is 112 Å². The standard InChI is InChI=1S/C21H20O8/c1-26-21-17(23)16(22)18-15(28-21)10-27-19(24)13-8-4-2-6-11(13)12-7-3-5-9-14(12)20(25)29-18/h2-9,15-18,21-23H,10H2,1H3/t15-,16-,17-,18+,21-/m1/s1. The van der Waals surface area contributed by atoms with E-state index in [9.17, 15) is 19.8 Å². The van der Waals surface area contributed by atoms with Gasteiger partial charge in [0.1, 0.15) is 24.9 Å². The second-order valence-corrected chi connectivity index (χ2v) is 6.82. The Bertz CT molecular complexity index is 926. The minimum atomic E-state index is -1.49. The van der Waals surface area contributed by atoms with E-state index in [1.807, 2.05) is 0 Å². The fraction of sp³-hybridized carbons (Fsp3) is 0.333. The zero-order chi connectivity index (χ0) is 20.5. The molecule has 2 aromatic rings. The number of hydrogen-bond donors (Lipinski definition) is 2. The van der Waals surface area contributed by atoms with Gasteiger partial charge in [0.25, 0.3) is 0 Å². The number of carbonyl (C=O) groups is 2. The summed E-state index contributed by atoms with van der Waals surface area (Å²) >= 11 is 0. The molecule has 0 unspecified atom stereocenters. The number of aliphatic hydroxyl groups excluding tert-OH is 2. The van der Waals surface area contributed by atoms with Crippen LogP contribution in [0.15, 0.2) is 48.5 Å². The number of carbonyl (C=O) groups excluding carboxylic acids is 2. The van der Waals surface area contributed by atoms with Crippen LogP contribution in [-0.2, 0) is 18.9 Å². The molecule has 2 aromatic carbocycles. The van der Waals surface area contributed by atoms with Gasteiger partial charge in [-0.25, -0.2) is 9.59 Å². The highest BCUT2D eigenvalue weighted by Crippen LogP contribution is 2.31. The molecule has 0 spiro atoms. The van der Waals surface area contributed by atoms with Crippen LogP contribution in [0.2, 0.25) is 0 Å². The molecule has 0 aromatic heterocycles. The maximum atomic E-state index is 13.0. The van der Waals surface area contributed by atoms with Gasteiger partial charge in [0, 0.05) is 7.11 Å². The van der Waals surface area contributed by atoms with E-state index in [2.05, 4.69) is 0 Å². The summed E-state index contributed by atoms with van der Waals surface area (Å²) in [7, 11) is 1.30. The number of benzene rings is 2. The lowest BCUT2D eigenvalue weighted by Crippen LogP contribution is -2.60. The van der Waals surface area contributed by atoms with Crippen molar-refractivity contribution in [3.63, 3.8) is 0 Å². The predicted octanol–water partition coefficient (Wildman–Crippen LogP) is 1.14. The second kappa shape index (κ2) is 7.92. The molecule has 8 heteroatoms. The summed E-state index contributed by atoms with van der Waals surface area (Å²) in [5.41, 5.74) is 1.51. The summed E-state index contributed by atoms with van der Waals surface area (Å²) in [5.74, 6) is -1.33. The molecule has 2 heterocycles. The number of hydrogen-bond acceptors (Lipinski definition) is 8. The van der Waals surface area contributed by atoms with E-state index in [1.165, 1.54) is 7.11 Å². The molecule has 2 aliphatic heterocycles. The third-order valence-electron chi connectivity index (χ3n) is 5.08. The lowest BCUT2D eigenvalue weighted by Gasteiger charge is -2.41. The van der Waals surface area contributed by atoms with E-state index in [0.29, 0.717) is 11.1 Å². The van der Waals surface area contributed by atoms with E-state index in [-0.39, 0.29) is 17.7 Å². The first-order valence-electron chi connectivity index (χ1n) is 9.12. The molecule has 0 bridgehead atoms. The molecule has 0 aliphatic carbocycles. The molecule has 0 radical (unpaired) electrons. The fourth-order valence-corrected chi connectivity index (χ4v) is 3.59. The quantitative estimate of drug-likeness (QED) is 0.686. The number of rotatable bonds is 1. The van der Waals surface area contributed by atoms with Crippen LogP contribution in [0.25, 0.3) is 11.1 Å². The van der Waals surface area contributed by atoms with E-state index in [4.69, 9.17) is 18.9 Å². The lowest BCUT2D eigenvalue weighted by atomic mass is 9.95. The van der Waals surface area contributed by atoms with Crippen LogP contribution in [0.5, 0.6) is 0 Å². The monoisotopic (exact) mass is 400 g/mol. The SMILES string of the molecule is CO[C@@H]1O[C@@H]2COC(=O)c3ccccc3-c3ccccc3C(=O)O[C@@H]2[C@H](O)[C@H]1O. The third kappa shape index (κ3) is 3.51. The number of methoxy groups -OCH3 is 1. The van der Waals surface area contributed by atoms with Crippen molar-refractivity contribution in [1.82, 2.24) is 0 Å². The van der Waals surface area contributed by atoms with E-state index in [1.54, 1.807) is 48.5 Å². The summed E-state index contributed by atoms with van der Waals surface area (Å²) in [6.45, 7) is -0.300. The number of fused-ring (bicyclic) bond motifs is 4. The van der Waals surface area contributed by atoms with Crippen molar-refractivity contribution >= 4 is 11.9 Å². The number of aliphatic hydroxyl groups is 2. The molecular formula is C21H20O8. The van der Waals surface area contributed by atoms with Crippen molar-refractivity contribution in [1.29, 1.82) is 0 Å². The van der Waals surface area contributed by atoms with Crippen LogP contribution in [0.3, 0.4) is 0 Å². The Labute approximate surface area is 166 Å². The van der Waals surface area contributed by atoms with Crippen LogP contribution >= 0.6 is 0 Å². The molecule has 5 atom stereocenters. The van der Waals surface area contributed by atoms with Gasteiger partial charge in [0.15, 0.2) is 12.4 Å². The van der Waals surface area contributed by atoms with Gasteiger partial charge in [0.05, 0.1) is 11.1 Å². The van der Waals surface area contributed by atoms with Gasteiger partial charge < -0.3 is 29.2 Å². The Morgan fingerprint density at radius 3 is 2.00 bits per heavy atom. The molecule has 2 aliphatic rings. The molecule has 29 heavy (non-hydrogen) atoms. The van der Waals surface area contributed by atoms with Gasteiger partial charge in [-0.15, -0.1) is 0 Å². The minimum Gasteiger partial charge on any atom is -0.459 e. The summed E-state index contributed by atoms with van der Waals surface area (Å²) in [6, 6.07) is 13.4. The van der Waals surface area contributed by atoms with E-state index >= 15 is 0 Å². The number of ether oxygens (including phenoxy) is 4. The van der Waals surface area contributed by atoms with Gasteiger partial charge in [-0.1, -0.05) is 36.4 Å². The summed E-state index contributed by atoms with van der Waals surface area (Å²) in [4.78, 5) is 25.7. The largest absolute Gasteiger partial charge is 0.459 e. The Balaban J connectivity index is 1.81. The summed E-state index contributed by atoms with van der Waals surface area (Å²) in [5, 5.41) is 20.7. The lowest BCUT2D eigenvalue weighted by molar-refractivity contribution is -0.293. The average Bonchev–Trinajstić information content (AvgIpc) is 2.77. The maximum absolute atomic E-state index is 13.0. The Hall–Kier alpha value is -2.78. The van der Waals surface area contributed by atoms with Crippen LogP contribution in [0.1, 0.15) is 20.7 Å². The first kappa shape index (κ1) is 19.5.